The fourth-order valence-electron chi connectivity index (χ4n) is 3.35. The number of rotatable bonds is 4. The highest BCUT2D eigenvalue weighted by Gasteiger charge is 2.25. The highest BCUT2D eigenvalue weighted by molar-refractivity contribution is 5.79. The van der Waals surface area contributed by atoms with E-state index in [0.29, 0.717) is 18.5 Å². The van der Waals surface area contributed by atoms with Gasteiger partial charge in [0.1, 0.15) is 11.6 Å². The van der Waals surface area contributed by atoms with Gasteiger partial charge < -0.3 is 15.6 Å². The number of carbonyl (C=O) groups excluding carboxylic acids is 1. The van der Waals surface area contributed by atoms with Crippen LogP contribution in [0.3, 0.4) is 0 Å². The lowest BCUT2D eigenvalue weighted by Crippen LogP contribution is -2.38. The van der Waals surface area contributed by atoms with Crippen molar-refractivity contribution in [3.8, 4) is 0 Å². The van der Waals surface area contributed by atoms with Crippen molar-refractivity contribution in [2.24, 2.45) is 18.7 Å². The molecule has 1 fully saturated rings. The van der Waals surface area contributed by atoms with Gasteiger partial charge in [0.05, 0.1) is 11.0 Å². The van der Waals surface area contributed by atoms with Crippen molar-refractivity contribution >= 4 is 16.9 Å². The van der Waals surface area contributed by atoms with E-state index in [4.69, 9.17) is 5.73 Å². The van der Waals surface area contributed by atoms with Gasteiger partial charge in [0.25, 0.3) is 0 Å². The molecular weight excluding hydrogens is 295 g/mol. The van der Waals surface area contributed by atoms with E-state index in [0.717, 1.165) is 37.0 Å². The van der Waals surface area contributed by atoms with Crippen LogP contribution < -0.4 is 11.1 Å². The zero-order chi connectivity index (χ0) is 16.4. The van der Waals surface area contributed by atoms with Crippen LogP contribution in [0.1, 0.15) is 31.5 Å². The molecule has 0 radical (unpaired) electrons. The van der Waals surface area contributed by atoms with E-state index in [-0.39, 0.29) is 23.7 Å². The maximum Gasteiger partial charge on any atom is 0.223 e. The normalized spacial score (nSPS) is 21.5. The molecule has 124 valence electrons. The van der Waals surface area contributed by atoms with E-state index in [9.17, 15) is 9.18 Å². The van der Waals surface area contributed by atoms with Crippen molar-refractivity contribution in [1.82, 2.24) is 14.9 Å². The molecule has 0 spiro atoms. The Morgan fingerprint density at radius 3 is 3.09 bits per heavy atom. The molecule has 1 heterocycles. The van der Waals surface area contributed by atoms with E-state index in [2.05, 4.69) is 10.3 Å². The molecule has 1 aromatic carbocycles. The minimum atomic E-state index is -0.288. The monoisotopic (exact) mass is 318 g/mol. The molecule has 1 aliphatic rings. The lowest BCUT2D eigenvalue weighted by atomic mass is 9.85. The number of aromatic nitrogens is 2. The van der Waals surface area contributed by atoms with Gasteiger partial charge in [0, 0.05) is 38.0 Å². The SMILES string of the molecule is Cn1c(CCNC(=O)C2CCCC(N)C2)nc2cc(F)ccc21. The van der Waals surface area contributed by atoms with Crippen LogP contribution in [0.25, 0.3) is 11.0 Å². The van der Waals surface area contributed by atoms with Gasteiger partial charge in [0.2, 0.25) is 5.91 Å². The van der Waals surface area contributed by atoms with Gasteiger partial charge >= 0.3 is 0 Å². The molecule has 2 unspecified atom stereocenters. The molecule has 3 rings (SSSR count). The second-order valence-electron chi connectivity index (χ2n) is 6.38. The Labute approximate surface area is 135 Å². The third kappa shape index (κ3) is 3.52. The predicted octanol–water partition coefficient (Wildman–Crippen LogP) is 1.89. The van der Waals surface area contributed by atoms with Crippen molar-refractivity contribution in [2.75, 3.05) is 6.54 Å². The van der Waals surface area contributed by atoms with Gasteiger partial charge in [-0.1, -0.05) is 6.42 Å². The maximum atomic E-state index is 13.3. The zero-order valence-corrected chi connectivity index (χ0v) is 13.4. The number of aryl methyl sites for hydroxylation is 1. The van der Waals surface area contributed by atoms with E-state index >= 15 is 0 Å². The van der Waals surface area contributed by atoms with Crippen LogP contribution in [0.2, 0.25) is 0 Å². The zero-order valence-electron chi connectivity index (χ0n) is 13.4. The number of imidazole rings is 1. The van der Waals surface area contributed by atoms with Crippen LogP contribution in [0.5, 0.6) is 0 Å². The Bertz CT molecular complexity index is 712. The lowest BCUT2D eigenvalue weighted by molar-refractivity contribution is -0.126. The molecule has 2 atom stereocenters. The van der Waals surface area contributed by atoms with Gasteiger partial charge in [-0.3, -0.25) is 4.79 Å². The van der Waals surface area contributed by atoms with Gasteiger partial charge in [0.15, 0.2) is 0 Å². The fourth-order valence-corrected chi connectivity index (χ4v) is 3.35. The van der Waals surface area contributed by atoms with Crippen LogP contribution in [-0.2, 0) is 18.3 Å². The molecule has 1 amide bonds. The van der Waals surface area contributed by atoms with Crippen LogP contribution >= 0.6 is 0 Å². The highest BCUT2D eigenvalue weighted by atomic mass is 19.1. The number of nitrogens with one attached hydrogen (secondary N) is 1. The first-order chi connectivity index (χ1) is 11.0. The van der Waals surface area contributed by atoms with Crippen molar-refractivity contribution in [2.45, 2.75) is 38.1 Å². The Hall–Kier alpha value is -1.95. The smallest absolute Gasteiger partial charge is 0.223 e. The third-order valence-electron chi connectivity index (χ3n) is 4.67. The first kappa shape index (κ1) is 15.9. The van der Waals surface area contributed by atoms with Crippen molar-refractivity contribution in [3.05, 3.63) is 29.8 Å². The largest absolute Gasteiger partial charge is 0.355 e. The average Bonchev–Trinajstić information content (AvgIpc) is 2.83. The molecule has 6 heteroatoms. The minimum absolute atomic E-state index is 0.0355. The summed E-state index contributed by atoms with van der Waals surface area (Å²) in [6.07, 6.45) is 4.36. The first-order valence-corrected chi connectivity index (χ1v) is 8.18. The summed E-state index contributed by atoms with van der Waals surface area (Å²) in [6, 6.07) is 4.74. The summed E-state index contributed by atoms with van der Waals surface area (Å²) in [5.41, 5.74) is 7.47. The Morgan fingerprint density at radius 1 is 1.48 bits per heavy atom. The van der Waals surface area contributed by atoms with Crippen molar-refractivity contribution < 1.29 is 9.18 Å². The van der Waals surface area contributed by atoms with Gasteiger partial charge in [-0.15, -0.1) is 0 Å². The minimum Gasteiger partial charge on any atom is -0.355 e. The maximum absolute atomic E-state index is 13.3. The second kappa shape index (κ2) is 6.66. The molecule has 1 aromatic heterocycles. The van der Waals surface area contributed by atoms with E-state index < -0.39 is 0 Å². The van der Waals surface area contributed by atoms with Crippen LogP contribution in [-0.4, -0.2) is 28.0 Å². The number of hydrogen-bond acceptors (Lipinski definition) is 3. The molecule has 3 N–H and O–H groups in total. The Kier molecular flexibility index (Phi) is 4.61. The van der Waals surface area contributed by atoms with E-state index in [1.54, 1.807) is 6.07 Å². The third-order valence-corrected chi connectivity index (χ3v) is 4.67. The van der Waals surface area contributed by atoms with Crippen molar-refractivity contribution in [1.29, 1.82) is 0 Å². The Morgan fingerprint density at radius 2 is 2.30 bits per heavy atom. The number of halogens is 1. The fraction of sp³-hybridized carbons (Fsp3) is 0.529. The number of amides is 1. The number of fused-ring (bicyclic) bond motifs is 1. The van der Waals surface area contributed by atoms with E-state index in [1.165, 1.54) is 12.1 Å². The summed E-state index contributed by atoms with van der Waals surface area (Å²) < 4.78 is 15.2. The number of benzene rings is 1. The Balaban J connectivity index is 1.58. The van der Waals surface area contributed by atoms with Crippen molar-refractivity contribution in [3.63, 3.8) is 0 Å². The summed E-state index contributed by atoms with van der Waals surface area (Å²) in [4.78, 5) is 16.6. The predicted molar refractivity (Wildman–Crippen MR) is 87.3 cm³/mol. The summed E-state index contributed by atoms with van der Waals surface area (Å²) in [6.45, 7) is 0.532. The van der Waals surface area contributed by atoms with E-state index in [1.807, 2.05) is 11.6 Å². The molecule has 0 bridgehead atoms. The second-order valence-corrected chi connectivity index (χ2v) is 6.38. The summed E-state index contributed by atoms with van der Waals surface area (Å²) >= 11 is 0. The van der Waals surface area contributed by atoms with Gasteiger partial charge in [-0.2, -0.15) is 0 Å². The summed E-state index contributed by atoms with van der Waals surface area (Å²) in [5, 5.41) is 2.98. The van der Waals surface area contributed by atoms with Crippen LogP contribution in [0, 0.1) is 11.7 Å². The standard InChI is InChI=1S/C17H23FN4O/c1-22-15-6-5-12(18)10-14(15)21-16(22)7-8-20-17(23)11-3-2-4-13(19)9-11/h5-6,10-11,13H,2-4,7-9,19H2,1H3,(H,20,23). The summed E-state index contributed by atoms with van der Waals surface area (Å²) in [5.74, 6) is 0.675. The topological polar surface area (TPSA) is 72.9 Å². The lowest BCUT2D eigenvalue weighted by Gasteiger charge is -2.25. The number of nitrogens with two attached hydrogens (primary N) is 1. The first-order valence-electron chi connectivity index (χ1n) is 8.18. The molecule has 0 saturated heterocycles. The van der Waals surface area contributed by atoms with Crippen LogP contribution in [0.15, 0.2) is 18.2 Å². The van der Waals surface area contributed by atoms with Crippen LogP contribution in [0.4, 0.5) is 4.39 Å². The number of carbonyl (C=O) groups is 1. The molecule has 0 aliphatic heterocycles. The quantitative estimate of drug-likeness (QED) is 0.904. The molecule has 2 aromatic rings. The van der Waals surface area contributed by atoms with Gasteiger partial charge in [-0.25, -0.2) is 9.37 Å². The molecular formula is C17H23FN4O. The molecule has 1 aliphatic carbocycles. The molecule has 5 nitrogen and oxygen atoms in total. The van der Waals surface area contributed by atoms with Gasteiger partial charge in [-0.05, 0) is 31.4 Å². The highest BCUT2D eigenvalue weighted by Crippen LogP contribution is 2.23. The summed E-state index contributed by atoms with van der Waals surface area (Å²) in [7, 11) is 1.91. The molecule has 23 heavy (non-hydrogen) atoms. The molecule has 1 saturated carbocycles. The average molecular weight is 318 g/mol. The number of nitrogens with zero attached hydrogens (tertiary/aromatic N) is 2. The number of hydrogen-bond donors (Lipinski definition) is 2.